The SMILES string of the molecule is CNCCC1CCCCN1c1ncncc1Br. The molecule has 1 aromatic rings. The van der Waals surface area contributed by atoms with Crippen LogP contribution < -0.4 is 10.2 Å². The van der Waals surface area contributed by atoms with E-state index in [0.29, 0.717) is 6.04 Å². The quantitative estimate of drug-likeness (QED) is 0.925. The lowest BCUT2D eigenvalue weighted by atomic mass is 9.99. The topological polar surface area (TPSA) is 41.0 Å². The van der Waals surface area contributed by atoms with E-state index in [9.17, 15) is 0 Å². The minimum absolute atomic E-state index is 0.599. The van der Waals surface area contributed by atoms with Gasteiger partial charge in [0.15, 0.2) is 0 Å². The van der Waals surface area contributed by atoms with Gasteiger partial charge in [0.05, 0.1) is 4.47 Å². The Bertz CT molecular complexity index is 358. The molecule has 1 aromatic heterocycles. The molecular weight excluding hydrogens is 280 g/mol. The van der Waals surface area contributed by atoms with Gasteiger partial charge in [-0.25, -0.2) is 9.97 Å². The van der Waals surface area contributed by atoms with Gasteiger partial charge in [0.25, 0.3) is 0 Å². The zero-order chi connectivity index (χ0) is 12.1. The van der Waals surface area contributed by atoms with Gasteiger partial charge < -0.3 is 10.2 Å². The third-order valence-corrected chi connectivity index (χ3v) is 3.83. The van der Waals surface area contributed by atoms with Crippen LogP contribution in [0.4, 0.5) is 5.82 Å². The van der Waals surface area contributed by atoms with Crippen LogP contribution in [-0.2, 0) is 0 Å². The molecule has 1 aliphatic rings. The summed E-state index contributed by atoms with van der Waals surface area (Å²) in [6, 6.07) is 0.599. The van der Waals surface area contributed by atoms with Gasteiger partial charge in [-0.05, 0) is 55.2 Å². The molecule has 0 bridgehead atoms. The summed E-state index contributed by atoms with van der Waals surface area (Å²) in [6.07, 6.45) is 8.47. The van der Waals surface area contributed by atoms with Crippen molar-refractivity contribution in [2.75, 3.05) is 25.0 Å². The molecular formula is C12H19BrN4. The third kappa shape index (κ3) is 3.16. The highest BCUT2D eigenvalue weighted by Crippen LogP contribution is 2.29. The minimum Gasteiger partial charge on any atom is -0.353 e. The van der Waals surface area contributed by atoms with Gasteiger partial charge in [0.2, 0.25) is 0 Å². The smallest absolute Gasteiger partial charge is 0.146 e. The Hall–Kier alpha value is -0.680. The largest absolute Gasteiger partial charge is 0.353 e. The first-order valence-electron chi connectivity index (χ1n) is 6.19. The van der Waals surface area contributed by atoms with Crippen molar-refractivity contribution < 1.29 is 0 Å². The van der Waals surface area contributed by atoms with Gasteiger partial charge in [-0.2, -0.15) is 0 Å². The summed E-state index contributed by atoms with van der Waals surface area (Å²) in [4.78, 5) is 10.9. The maximum Gasteiger partial charge on any atom is 0.146 e. The van der Waals surface area contributed by atoms with Gasteiger partial charge in [0, 0.05) is 18.8 Å². The van der Waals surface area contributed by atoms with E-state index in [2.05, 4.69) is 36.1 Å². The number of piperidine rings is 1. The monoisotopic (exact) mass is 298 g/mol. The Morgan fingerprint density at radius 3 is 3.18 bits per heavy atom. The van der Waals surface area contributed by atoms with Crippen molar-refractivity contribution >= 4 is 21.7 Å². The van der Waals surface area contributed by atoms with E-state index in [0.717, 1.165) is 23.4 Å². The lowest BCUT2D eigenvalue weighted by Crippen LogP contribution is -2.41. The number of hydrogen-bond acceptors (Lipinski definition) is 4. The van der Waals surface area contributed by atoms with E-state index in [-0.39, 0.29) is 0 Å². The van der Waals surface area contributed by atoms with Crippen LogP contribution in [0.2, 0.25) is 0 Å². The highest BCUT2D eigenvalue weighted by molar-refractivity contribution is 9.10. The van der Waals surface area contributed by atoms with E-state index in [1.54, 1.807) is 6.33 Å². The molecule has 1 N–H and O–H groups in total. The third-order valence-electron chi connectivity index (χ3n) is 3.27. The average Bonchev–Trinajstić information content (AvgIpc) is 2.37. The molecule has 0 aromatic carbocycles. The molecule has 0 radical (unpaired) electrons. The van der Waals surface area contributed by atoms with Gasteiger partial charge >= 0.3 is 0 Å². The summed E-state index contributed by atoms with van der Waals surface area (Å²) in [5.41, 5.74) is 0. The number of nitrogens with zero attached hydrogens (tertiary/aromatic N) is 3. The van der Waals surface area contributed by atoms with Gasteiger partial charge in [-0.15, -0.1) is 0 Å². The van der Waals surface area contributed by atoms with Crippen LogP contribution in [0, 0.1) is 0 Å². The molecule has 1 aliphatic heterocycles. The molecule has 2 rings (SSSR count). The molecule has 1 saturated heterocycles. The molecule has 1 atom stereocenters. The van der Waals surface area contributed by atoms with E-state index < -0.39 is 0 Å². The number of halogens is 1. The fraction of sp³-hybridized carbons (Fsp3) is 0.667. The second-order valence-corrected chi connectivity index (χ2v) is 5.28. The molecule has 17 heavy (non-hydrogen) atoms. The molecule has 0 spiro atoms. The fourth-order valence-corrected chi connectivity index (χ4v) is 2.86. The molecule has 5 heteroatoms. The first-order valence-corrected chi connectivity index (χ1v) is 6.99. The minimum atomic E-state index is 0.599. The zero-order valence-electron chi connectivity index (χ0n) is 10.2. The van der Waals surface area contributed by atoms with E-state index >= 15 is 0 Å². The Balaban J connectivity index is 2.13. The van der Waals surface area contributed by atoms with Crippen molar-refractivity contribution in [2.45, 2.75) is 31.7 Å². The highest BCUT2D eigenvalue weighted by Gasteiger charge is 2.24. The molecule has 4 nitrogen and oxygen atoms in total. The summed E-state index contributed by atoms with van der Waals surface area (Å²) in [5.74, 6) is 1.04. The predicted molar refractivity (Wildman–Crippen MR) is 73.3 cm³/mol. The molecule has 1 fully saturated rings. The second-order valence-electron chi connectivity index (χ2n) is 4.43. The molecule has 2 heterocycles. The zero-order valence-corrected chi connectivity index (χ0v) is 11.8. The number of rotatable bonds is 4. The predicted octanol–water partition coefficient (Wildman–Crippen LogP) is 2.21. The van der Waals surface area contributed by atoms with Crippen molar-refractivity contribution in [3.05, 3.63) is 17.0 Å². The molecule has 1 unspecified atom stereocenters. The first-order chi connectivity index (χ1) is 8.33. The Kier molecular flexibility index (Phi) is 4.74. The number of nitrogens with one attached hydrogen (secondary N) is 1. The molecule has 94 valence electrons. The lowest BCUT2D eigenvalue weighted by molar-refractivity contribution is 0.430. The maximum atomic E-state index is 4.41. The van der Waals surface area contributed by atoms with E-state index in [4.69, 9.17) is 0 Å². The summed E-state index contributed by atoms with van der Waals surface area (Å²) in [7, 11) is 2.01. The average molecular weight is 299 g/mol. The van der Waals surface area contributed by atoms with Gasteiger partial charge in [0.1, 0.15) is 12.1 Å². The van der Waals surface area contributed by atoms with Crippen molar-refractivity contribution in [3.8, 4) is 0 Å². The van der Waals surface area contributed by atoms with Crippen LogP contribution in [0.5, 0.6) is 0 Å². The van der Waals surface area contributed by atoms with Crippen LogP contribution >= 0.6 is 15.9 Å². The van der Waals surface area contributed by atoms with Crippen molar-refractivity contribution in [1.82, 2.24) is 15.3 Å². The van der Waals surface area contributed by atoms with E-state index in [1.165, 1.54) is 25.7 Å². The maximum absolute atomic E-state index is 4.41. The van der Waals surface area contributed by atoms with Gasteiger partial charge in [-0.1, -0.05) is 0 Å². The molecule has 0 aliphatic carbocycles. The van der Waals surface area contributed by atoms with E-state index in [1.807, 2.05) is 13.2 Å². The van der Waals surface area contributed by atoms with Crippen LogP contribution in [-0.4, -0.2) is 36.1 Å². The Morgan fingerprint density at radius 2 is 2.41 bits per heavy atom. The lowest BCUT2D eigenvalue weighted by Gasteiger charge is -2.37. The summed E-state index contributed by atoms with van der Waals surface area (Å²) in [6.45, 7) is 2.16. The molecule has 0 amide bonds. The van der Waals surface area contributed by atoms with Crippen LogP contribution in [0.25, 0.3) is 0 Å². The van der Waals surface area contributed by atoms with Crippen molar-refractivity contribution in [1.29, 1.82) is 0 Å². The number of anilines is 1. The highest BCUT2D eigenvalue weighted by atomic mass is 79.9. The number of hydrogen-bond donors (Lipinski definition) is 1. The summed E-state index contributed by atoms with van der Waals surface area (Å²) in [5, 5.41) is 3.23. The summed E-state index contributed by atoms with van der Waals surface area (Å²) >= 11 is 3.55. The first kappa shape index (κ1) is 12.8. The van der Waals surface area contributed by atoms with Gasteiger partial charge in [-0.3, -0.25) is 0 Å². The second kappa shape index (κ2) is 6.31. The van der Waals surface area contributed by atoms with Crippen LogP contribution in [0.3, 0.4) is 0 Å². The Labute approximate surface area is 111 Å². The fourth-order valence-electron chi connectivity index (χ4n) is 2.41. The standard InChI is InChI=1S/C12H19BrN4/c1-14-6-5-10-4-2-3-7-17(10)12-11(13)8-15-9-16-12/h8-10,14H,2-7H2,1H3. The van der Waals surface area contributed by atoms with Crippen LogP contribution in [0.1, 0.15) is 25.7 Å². The summed E-state index contributed by atoms with van der Waals surface area (Å²) < 4.78 is 0.997. The normalized spacial score (nSPS) is 20.6. The number of aromatic nitrogens is 2. The Morgan fingerprint density at radius 1 is 1.53 bits per heavy atom. The van der Waals surface area contributed by atoms with Crippen molar-refractivity contribution in [3.63, 3.8) is 0 Å². The van der Waals surface area contributed by atoms with Crippen molar-refractivity contribution in [2.24, 2.45) is 0 Å². The van der Waals surface area contributed by atoms with Crippen LogP contribution in [0.15, 0.2) is 17.0 Å². The molecule has 0 saturated carbocycles.